The number of hydrogen-bond acceptors (Lipinski definition) is 1. The van der Waals surface area contributed by atoms with Gasteiger partial charge < -0.3 is 21.9 Å². The van der Waals surface area contributed by atoms with Gasteiger partial charge in [0, 0.05) is 6.20 Å². The molecule has 1 saturated heterocycles. The zero-order valence-corrected chi connectivity index (χ0v) is 12.5. The number of rotatable bonds is 2. The average Bonchev–Trinajstić information content (AvgIpc) is 2.68. The number of hydrogen-bond donors (Lipinski definition) is 1. The van der Waals surface area contributed by atoms with E-state index >= 15 is 0 Å². The maximum absolute atomic E-state index is 6.36. The van der Waals surface area contributed by atoms with Gasteiger partial charge in [0.25, 0.3) is 0 Å². The summed E-state index contributed by atoms with van der Waals surface area (Å²) in [6, 6.07) is 5.98. The molecular weight excluding hydrogens is 314 g/mol. The minimum atomic E-state index is 0. The van der Waals surface area contributed by atoms with Gasteiger partial charge in [0.05, 0.1) is 13.1 Å². The molecule has 3 nitrogen and oxygen atoms in total. The predicted molar refractivity (Wildman–Crippen MR) is 68.5 cm³/mol. The van der Waals surface area contributed by atoms with Gasteiger partial charge in [-0.05, 0) is 31.4 Å². The largest absolute Gasteiger partial charge is 1.00 e. The molecular formula is C13H17BrClN3. The van der Waals surface area contributed by atoms with Gasteiger partial charge in [0.2, 0.25) is 0 Å². The second-order valence-electron chi connectivity index (χ2n) is 4.77. The number of quaternary nitrogens is 1. The number of likely N-dealkylation sites (tertiary alicyclic amines) is 1. The van der Waals surface area contributed by atoms with Gasteiger partial charge >= 0.3 is 0 Å². The van der Waals surface area contributed by atoms with E-state index in [9.17, 15) is 0 Å². The topological polar surface area (TPSA) is 21.7 Å². The van der Waals surface area contributed by atoms with Crippen LogP contribution in [0.25, 0.3) is 5.65 Å². The first-order valence-corrected chi connectivity index (χ1v) is 6.67. The Morgan fingerprint density at radius 3 is 2.72 bits per heavy atom. The fourth-order valence-electron chi connectivity index (χ4n) is 2.59. The van der Waals surface area contributed by atoms with Gasteiger partial charge in [-0.25, -0.2) is 4.98 Å². The van der Waals surface area contributed by atoms with Gasteiger partial charge in [0.15, 0.2) is 0 Å². The molecule has 0 unspecified atom stereocenters. The summed E-state index contributed by atoms with van der Waals surface area (Å²) in [7, 11) is 0. The molecule has 0 amide bonds. The molecule has 1 N–H and O–H groups in total. The van der Waals surface area contributed by atoms with Crippen LogP contribution in [0.2, 0.25) is 5.15 Å². The van der Waals surface area contributed by atoms with Crippen LogP contribution < -0.4 is 21.9 Å². The molecule has 3 heterocycles. The molecule has 98 valence electrons. The van der Waals surface area contributed by atoms with Crippen molar-refractivity contribution in [1.82, 2.24) is 9.38 Å². The van der Waals surface area contributed by atoms with Crippen LogP contribution in [0, 0.1) is 0 Å². The smallest absolute Gasteiger partial charge is 0.142 e. The van der Waals surface area contributed by atoms with E-state index in [1.807, 2.05) is 28.8 Å². The second kappa shape index (κ2) is 6.04. The Morgan fingerprint density at radius 1 is 1.22 bits per heavy atom. The van der Waals surface area contributed by atoms with Crippen molar-refractivity contribution in [2.24, 2.45) is 0 Å². The molecule has 0 saturated carbocycles. The molecule has 0 radical (unpaired) electrons. The van der Waals surface area contributed by atoms with Gasteiger partial charge in [-0.15, -0.1) is 0 Å². The van der Waals surface area contributed by atoms with Crippen LogP contribution in [0.3, 0.4) is 0 Å². The van der Waals surface area contributed by atoms with Gasteiger partial charge in [-0.1, -0.05) is 17.7 Å². The molecule has 1 aliphatic rings. The van der Waals surface area contributed by atoms with Gasteiger partial charge in [-0.2, -0.15) is 0 Å². The lowest BCUT2D eigenvalue weighted by Crippen LogP contribution is -3.11. The number of halogens is 2. The number of imidazole rings is 1. The number of aromatic nitrogens is 2. The monoisotopic (exact) mass is 329 g/mol. The van der Waals surface area contributed by atoms with Crippen molar-refractivity contribution in [2.75, 3.05) is 13.1 Å². The predicted octanol–water partition coefficient (Wildman–Crippen LogP) is -1.44. The minimum absolute atomic E-state index is 0. The first kappa shape index (κ1) is 13.8. The highest BCUT2D eigenvalue weighted by atomic mass is 79.9. The summed E-state index contributed by atoms with van der Waals surface area (Å²) >= 11 is 6.36. The summed E-state index contributed by atoms with van der Waals surface area (Å²) < 4.78 is 1.96. The highest BCUT2D eigenvalue weighted by molar-refractivity contribution is 6.30. The van der Waals surface area contributed by atoms with Gasteiger partial charge in [-0.3, -0.25) is 4.40 Å². The Labute approximate surface area is 123 Å². The number of fused-ring (bicyclic) bond motifs is 1. The third-order valence-corrected chi connectivity index (χ3v) is 3.92. The van der Waals surface area contributed by atoms with Gasteiger partial charge in [0.1, 0.15) is 23.0 Å². The summed E-state index contributed by atoms with van der Waals surface area (Å²) in [6.07, 6.45) is 6.02. The van der Waals surface area contributed by atoms with E-state index in [1.54, 1.807) is 4.90 Å². The third-order valence-electron chi connectivity index (χ3n) is 3.52. The molecule has 0 spiro atoms. The number of piperidine rings is 1. The Hall–Kier alpha value is -0.580. The normalized spacial score (nSPS) is 16.7. The Morgan fingerprint density at radius 2 is 2.00 bits per heavy atom. The highest BCUT2D eigenvalue weighted by Crippen LogP contribution is 2.17. The number of nitrogens with one attached hydrogen (secondary N) is 1. The van der Waals surface area contributed by atoms with Crippen LogP contribution in [-0.2, 0) is 6.54 Å². The minimum Gasteiger partial charge on any atom is -1.00 e. The lowest BCUT2D eigenvalue weighted by atomic mass is 10.1. The van der Waals surface area contributed by atoms with E-state index in [2.05, 4.69) is 4.98 Å². The lowest BCUT2D eigenvalue weighted by molar-refractivity contribution is -0.918. The summed E-state index contributed by atoms with van der Waals surface area (Å²) in [5.74, 6) is 0. The highest BCUT2D eigenvalue weighted by Gasteiger charge is 2.18. The molecule has 0 atom stereocenters. The average molecular weight is 331 g/mol. The SMILES string of the molecule is Clc1c(C[NH+]2CCCCC2)nc2ccccn12.[Br-]. The maximum atomic E-state index is 6.36. The molecule has 5 heteroatoms. The van der Waals surface area contributed by atoms with E-state index in [0.717, 1.165) is 23.0 Å². The molecule has 0 aliphatic carbocycles. The lowest BCUT2D eigenvalue weighted by Gasteiger charge is -2.22. The fourth-order valence-corrected chi connectivity index (χ4v) is 2.84. The quantitative estimate of drug-likeness (QED) is 0.716. The van der Waals surface area contributed by atoms with Crippen molar-refractivity contribution < 1.29 is 21.9 Å². The van der Waals surface area contributed by atoms with Crippen molar-refractivity contribution in [3.05, 3.63) is 35.2 Å². The Kier molecular flexibility index (Phi) is 4.65. The third kappa shape index (κ3) is 2.71. The standard InChI is InChI=1S/C13H16ClN3.BrH/c14-13-11(10-16-7-3-1-4-8-16)15-12-6-2-5-9-17(12)13;/h2,5-6,9H,1,3-4,7-8,10H2;1H. The molecule has 3 rings (SSSR count). The van der Waals surface area contributed by atoms with Crippen LogP contribution >= 0.6 is 11.6 Å². The molecule has 2 aromatic rings. The van der Waals surface area contributed by atoms with Crippen LogP contribution in [-0.4, -0.2) is 22.5 Å². The first-order chi connectivity index (χ1) is 8.34. The van der Waals surface area contributed by atoms with E-state index in [-0.39, 0.29) is 17.0 Å². The molecule has 0 aromatic carbocycles. The van der Waals surface area contributed by atoms with Crippen molar-refractivity contribution >= 4 is 17.2 Å². The number of pyridine rings is 1. The van der Waals surface area contributed by atoms with E-state index in [1.165, 1.54) is 32.4 Å². The van der Waals surface area contributed by atoms with Crippen LogP contribution in [0.15, 0.2) is 24.4 Å². The first-order valence-electron chi connectivity index (χ1n) is 6.29. The van der Waals surface area contributed by atoms with Crippen molar-refractivity contribution in [1.29, 1.82) is 0 Å². The summed E-state index contributed by atoms with van der Waals surface area (Å²) in [6.45, 7) is 3.47. The summed E-state index contributed by atoms with van der Waals surface area (Å²) in [5.41, 5.74) is 1.98. The molecule has 0 bridgehead atoms. The zero-order valence-electron chi connectivity index (χ0n) is 10.2. The van der Waals surface area contributed by atoms with Crippen molar-refractivity contribution in [3.8, 4) is 0 Å². The van der Waals surface area contributed by atoms with Crippen LogP contribution in [0.1, 0.15) is 25.0 Å². The second-order valence-corrected chi connectivity index (χ2v) is 5.12. The van der Waals surface area contributed by atoms with Crippen LogP contribution in [0.4, 0.5) is 0 Å². The molecule has 1 aliphatic heterocycles. The zero-order chi connectivity index (χ0) is 11.7. The molecule has 18 heavy (non-hydrogen) atoms. The fraction of sp³-hybridized carbons (Fsp3) is 0.462. The summed E-state index contributed by atoms with van der Waals surface area (Å²) in [5, 5.41) is 0.777. The van der Waals surface area contributed by atoms with Crippen LogP contribution in [0.5, 0.6) is 0 Å². The van der Waals surface area contributed by atoms with E-state index < -0.39 is 0 Å². The molecule has 1 fully saturated rings. The summed E-state index contributed by atoms with van der Waals surface area (Å²) in [4.78, 5) is 6.23. The van der Waals surface area contributed by atoms with Crippen molar-refractivity contribution in [3.63, 3.8) is 0 Å². The van der Waals surface area contributed by atoms with E-state index in [4.69, 9.17) is 11.6 Å². The Bertz CT molecular complexity index is 520. The van der Waals surface area contributed by atoms with Crippen molar-refractivity contribution in [2.45, 2.75) is 25.8 Å². The maximum Gasteiger partial charge on any atom is 0.142 e. The molecule has 2 aromatic heterocycles. The Balaban J connectivity index is 0.00000120. The van der Waals surface area contributed by atoms with E-state index in [0.29, 0.717) is 0 Å². The number of nitrogens with zero attached hydrogens (tertiary/aromatic N) is 2.